The van der Waals surface area contributed by atoms with E-state index in [1.54, 1.807) is 6.92 Å². The van der Waals surface area contributed by atoms with E-state index in [4.69, 9.17) is 4.74 Å². The lowest BCUT2D eigenvalue weighted by Crippen LogP contribution is -2.03. The zero-order chi connectivity index (χ0) is 10.8. The predicted molar refractivity (Wildman–Crippen MR) is 51.6 cm³/mol. The van der Waals surface area contributed by atoms with Crippen LogP contribution in [0, 0.1) is 10.1 Å². The van der Waals surface area contributed by atoms with Crippen LogP contribution < -0.4 is 0 Å². The van der Waals surface area contributed by atoms with Gasteiger partial charge in [-0.25, -0.2) is 0 Å². The predicted octanol–water partition coefficient (Wildman–Crippen LogP) is 1.78. The smallest absolute Gasteiger partial charge is 0.305 e. The number of hydrogen-bond acceptors (Lipinski definition) is 4. The van der Waals surface area contributed by atoms with Crippen molar-refractivity contribution in [3.05, 3.63) is 10.1 Å². The Kier molecular flexibility index (Phi) is 7.78. The van der Waals surface area contributed by atoms with Crippen molar-refractivity contribution in [2.75, 3.05) is 13.2 Å². The number of carbonyl (C=O) groups excluding carboxylic acids is 1. The molecule has 0 atom stereocenters. The molecule has 14 heavy (non-hydrogen) atoms. The second kappa shape index (κ2) is 8.47. The summed E-state index contributed by atoms with van der Waals surface area (Å²) in [5.41, 5.74) is 0. The summed E-state index contributed by atoms with van der Waals surface area (Å²) in [5.74, 6) is -0.179. The number of esters is 1. The highest BCUT2D eigenvalue weighted by Crippen LogP contribution is 2.03. The topological polar surface area (TPSA) is 69.4 Å². The third kappa shape index (κ3) is 8.96. The zero-order valence-electron chi connectivity index (χ0n) is 8.53. The van der Waals surface area contributed by atoms with Crippen LogP contribution in [-0.4, -0.2) is 24.0 Å². The first-order valence-electron chi connectivity index (χ1n) is 4.94. The molecule has 5 heteroatoms. The number of ether oxygens (including phenoxy) is 1. The Morgan fingerprint density at radius 1 is 1.29 bits per heavy atom. The number of hydrogen-bond donors (Lipinski definition) is 0. The summed E-state index contributed by atoms with van der Waals surface area (Å²) in [6, 6.07) is 0. The largest absolute Gasteiger partial charge is 0.466 e. The highest BCUT2D eigenvalue weighted by atomic mass is 16.6. The van der Waals surface area contributed by atoms with Crippen LogP contribution in [0.5, 0.6) is 0 Å². The molecule has 0 unspecified atom stereocenters. The lowest BCUT2D eigenvalue weighted by atomic mass is 10.1. The van der Waals surface area contributed by atoms with E-state index in [-0.39, 0.29) is 17.4 Å². The Hall–Kier alpha value is -1.13. The second-order valence-electron chi connectivity index (χ2n) is 3.03. The first kappa shape index (κ1) is 12.9. The van der Waals surface area contributed by atoms with Gasteiger partial charge in [-0.3, -0.25) is 14.9 Å². The number of rotatable bonds is 8. The minimum Gasteiger partial charge on any atom is -0.466 e. The fourth-order valence-electron chi connectivity index (χ4n) is 1.10. The minimum absolute atomic E-state index is 0.0272. The molecule has 0 spiro atoms. The Morgan fingerprint density at radius 2 is 1.93 bits per heavy atom. The maximum Gasteiger partial charge on any atom is 0.305 e. The summed E-state index contributed by atoms with van der Waals surface area (Å²) >= 11 is 0. The van der Waals surface area contributed by atoms with Crippen LogP contribution in [0.15, 0.2) is 0 Å². The summed E-state index contributed by atoms with van der Waals surface area (Å²) in [7, 11) is 0. The lowest BCUT2D eigenvalue weighted by molar-refractivity contribution is -0.480. The highest BCUT2D eigenvalue weighted by Gasteiger charge is 2.01. The van der Waals surface area contributed by atoms with Crippen LogP contribution in [0.2, 0.25) is 0 Å². The van der Waals surface area contributed by atoms with Gasteiger partial charge in [0.2, 0.25) is 6.54 Å². The molecule has 0 aliphatic carbocycles. The van der Waals surface area contributed by atoms with E-state index in [1.165, 1.54) is 0 Å². The Balaban J connectivity index is 3.13. The average molecular weight is 203 g/mol. The van der Waals surface area contributed by atoms with Crippen molar-refractivity contribution in [1.29, 1.82) is 0 Å². The van der Waals surface area contributed by atoms with E-state index in [0.717, 1.165) is 19.3 Å². The first-order chi connectivity index (χ1) is 6.66. The molecular formula is C9H17NO4. The van der Waals surface area contributed by atoms with E-state index in [9.17, 15) is 14.9 Å². The number of nitrogens with zero attached hydrogens (tertiary/aromatic N) is 1. The maximum absolute atomic E-state index is 10.9. The number of nitro groups is 1. The molecule has 0 aromatic heterocycles. The van der Waals surface area contributed by atoms with Crippen molar-refractivity contribution in [2.45, 2.75) is 39.0 Å². The van der Waals surface area contributed by atoms with Gasteiger partial charge in [0.25, 0.3) is 0 Å². The summed E-state index contributed by atoms with van der Waals surface area (Å²) in [6.07, 6.45) is 3.44. The fourth-order valence-corrected chi connectivity index (χ4v) is 1.10. The van der Waals surface area contributed by atoms with Crippen LogP contribution in [-0.2, 0) is 9.53 Å². The molecule has 5 nitrogen and oxygen atoms in total. The fraction of sp³-hybridized carbons (Fsp3) is 0.889. The van der Waals surface area contributed by atoms with Gasteiger partial charge in [0.05, 0.1) is 6.61 Å². The molecule has 0 saturated heterocycles. The normalized spacial score (nSPS) is 9.79. The Bertz CT molecular complexity index is 182. The third-order valence-electron chi connectivity index (χ3n) is 1.78. The van der Waals surface area contributed by atoms with Gasteiger partial charge in [-0.1, -0.05) is 6.42 Å². The zero-order valence-corrected chi connectivity index (χ0v) is 8.53. The molecule has 0 aromatic carbocycles. The summed E-state index contributed by atoms with van der Waals surface area (Å²) in [5, 5.41) is 9.96. The van der Waals surface area contributed by atoms with Crippen molar-refractivity contribution in [1.82, 2.24) is 0 Å². The maximum atomic E-state index is 10.9. The third-order valence-corrected chi connectivity index (χ3v) is 1.78. The lowest BCUT2D eigenvalue weighted by Gasteiger charge is -2.00. The van der Waals surface area contributed by atoms with Gasteiger partial charge in [0.15, 0.2) is 0 Å². The summed E-state index contributed by atoms with van der Waals surface area (Å²) in [4.78, 5) is 20.5. The van der Waals surface area contributed by atoms with Crippen molar-refractivity contribution in [3.63, 3.8) is 0 Å². The number of unbranched alkanes of at least 4 members (excludes halogenated alkanes) is 3. The average Bonchev–Trinajstić information content (AvgIpc) is 2.11. The van der Waals surface area contributed by atoms with Crippen molar-refractivity contribution in [2.24, 2.45) is 0 Å². The molecule has 0 aromatic rings. The van der Waals surface area contributed by atoms with Crippen LogP contribution in [0.4, 0.5) is 0 Å². The molecule has 0 heterocycles. The SMILES string of the molecule is CCOC(=O)CCCCCC[N+](=O)[O-]. The van der Waals surface area contributed by atoms with Crippen molar-refractivity contribution < 1.29 is 14.5 Å². The van der Waals surface area contributed by atoms with Gasteiger partial charge in [0, 0.05) is 17.8 Å². The van der Waals surface area contributed by atoms with Gasteiger partial charge < -0.3 is 4.74 Å². The molecule has 82 valence electrons. The number of carbonyl (C=O) groups is 1. The molecule has 0 aliphatic heterocycles. The van der Waals surface area contributed by atoms with Gasteiger partial charge in [-0.2, -0.15) is 0 Å². The van der Waals surface area contributed by atoms with Gasteiger partial charge >= 0.3 is 5.97 Å². The Morgan fingerprint density at radius 3 is 2.50 bits per heavy atom. The standard InChI is InChI=1S/C9H17NO4/c1-2-14-9(11)7-5-3-4-6-8-10(12)13/h2-8H2,1H3. The van der Waals surface area contributed by atoms with E-state index in [2.05, 4.69) is 0 Å². The molecule has 0 saturated carbocycles. The van der Waals surface area contributed by atoms with E-state index < -0.39 is 0 Å². The van der Waals surface area contributed by atoms with Crippen molar-refractivity contribution in [3.8, 4) is 0 Å². The molecule has 0 rings (SSSR count). The molecule has 0 N–H and O–H groups in total. The van der Waals surface area contributed by atoms with Gasteiger partial charge in [0.1, 0.15) is 0 Å². The minimum atomic E-state index is -0.314. The Labute approximate surface area is 83.6 Å². The molecule has 0 bridgehead atoms. The second-order valence-corrected chi connectivity index (χ2v) is 3.03. The molecule has 0 aliphatic rings. The first-order valence-corrected chi connectivity index (χ1v) is 4.94. The van der Waals surface area contributed by atoms with Crippen LogP contribution in [0.3, 0.4) is 0 Å². The van der Waals surface area contributed by atoms with Gasteiger partial charge in [-0.15, -0.1) is 0 Å². The summed E-state index contributed by atoms with van der Waals surface area (Å²) < 4.78 is 4.74. The highest BCUT2D eigenvalue weighted by molar-refractivity contribution is 5.69. The molecular weight excluding hydrogens is 186 g/mol. The quantitative estimate of drug-likeness (QED) is 0.261. The van der Waals surface area contributed by atoms with E-state index in [1.807, 2.05) is 0 Å². The molecule has 0 fully saturated rings. The van der Waals surface area contributed by atoms with E-state index in [0.29, 0.717) is 19.4 Å². The molecule has 0 radical (unpaired) electrons. The molecule has 0 amide bonds. The van der Waals surface area contributed by atoms with Crippen LogP contribution in [0.25, 0.3) is 0 Å². The van der Waals surface area contributed by atoms with Crippen molar-refractivity contribution >= 4 is 5.97 Å². The monoisotopic (exact) mass is 203 g/mol. The van der Waals surface area contributed by atoms with Gasteiger partial charge in [-0.05, 0) is 19.8 Å². The summed E-state index contributed by atoms with van der Waals surface area (Å²) in [6.45, 7) is 2.22. The van der Waals surface area contributed by atoms with Crippen LogP contribution in [0.1, 0.15) is 39.0 Å². The van der Waals surface area contributed by atoms with E-state index >= 15 is 0 Å². The van der Waals surface area contributed by atoms with Crippen LogP contribution >= 0.6 is 0 Å².